The molecule has 0 aliphatic carbocycles. The van der Waals surface area contributed by atoms with E-state index in [4.69, 9.17) is 5.11 Å². The van der Waals surface area contributed by atoms with E-state index < -0.39 is 11.9 Å². The molecule has 1 N–H and O–H groups in total. The third-order valence-corrected chi connectivity index (χ3v) is 2.90. The van der Waals surface area contributed by atoms with Gasteiger partial charge in [0, 0.05) is 5.57 Å². The van der Waals surface area contributed by atoms with Gasteiger partial charge < -0.3 is 15.0 Å². The molecule has 24 heavy (non-hydrogen) atoms. The van der Waals surface area contributed by atoms with Crippen LogP contribution in [0, 0.1) is 0 Å². The number of benzene rings is 1. The van der Waals surface area contributed by atoms with Crippen LogP contribution in [0.2, 0.25) is 0 Å². The number of allylic oxidation sites excluding steroid dienone is 1. The van der Waals surface area contributed by atoms with Gasteiger partial charge in [0.1, 0.15) is 0 Å². The standard InChI is InChI=1S/C12H12O2.C7H12O2.Na/c1-10(12(13)14)6-5-9-11-7-3-2-4-8-11;1-3-4-5-6(2)7(8)9;/h2-5,7-9H,1,6H2,(H,13,14);2-5H2,1H3,(H,8,9);/q;;+1/p-1. The number of carboxylic acids is 2. The summed E-state index contributed by atoms with van der Waals surface area (Å²) in [4.78, 5) is 20.4. The van der Waals surface area contributed by atoms with Gasteiger partial charge in [-0.15, -0.1) is 0 Å². The van der Waals surface area contributed by atoms with Crippen LogP contribution in [0.3, 0.4) is 0 Å². The number of unbranched alkanes of at least 4 members (excludes halogenated alkanes) is 1. The minimum absolute atomic E-state index is 0. The monoisotopic (exact) mass is 338 g/mol. The van der Waals surface area contributed by atoms with Crippen LogP contribution in [0.1, 0.15) is 38.2 Å². The molecule has 0 spiro atoms. The normalized spacial score (nSPS) is 9.38. The van der Waals surface area contributed by atoms with Crippen LogP contribution in [-0.2, 0) is 9.59 Å². The van der Waals surface area contributed by atoms with Crippen LogP contribution in [0.15, 0.2) is 60.7 Å². The molecule has 0 aliphatic rings. The molecule has 0 bridgehead atoms. The van der Waals surface area contributed by atoms with Gasteiger partial charge >= 0.3 is 35.5 Å². The van der Waals surface area contributed by atoms with Crippen molar-refractivity contribution >= 4 is 18.0 Å². The molecule has 1 aromatic rings. The van der Waals surface area contributed by atoms with Crippen molar-refractivity contribution in [1.82, 2.24) is 0 Å². The predicted octanol–water partition coefficient (Wildman–Crippen LogP) is 0.217. The van der Waals surface area contributed by atoms with E-state index in [0.29, 0.717) is 12.8 Å². The van der Waals surface area contributed by atoms with Gasteiger partial charge in [0.15, 0.2) is 0 Å². The van der Waals surface area contributed by atoms with Crippen molar-refractivity contribution in [2.75, 3.05) is 0 Å². The smallest absolute Gasteiger partial charge is 0.545 e. The molecule has 0 atom stereocenters. The van der Waals surface area contributed by atoms with Crippen LogP contribution < -0.4 is 34.7 Å². The van der Waals surface area contributed by atoms with Crippen molar-refractivity contribution in [1.29, 1.82) is 0 Å². The maximum atomic E-state index is 10.4. The minimum atomic E-state index is -1.12. The molecule has 0 amide bonds. The zero-order valence-electron chi connectivity index (χ0n) is 14.5. The molecular weight excluding hydrogens is 315 g/mol. The predicted molar refractivity (Wildman–Crippen MR) is 90.5 cm³/mol. The Balaban J connectivity index is 0. The second kappa shape index (κ2) is 14.9. The van der Waals surface area contributed by atoms with Gasteiger partial charge in [-0.3, -0.25) is 0 Å². The SMILES string of the molecule is C=C(CC=Cc1ccccc1)C(=O)O.C=C(CCCC)C(=O)[O-].[Na+]. The van der Waals surface area contributed by atoms with E-state index in [1.807, 2.05) is 43.3 Å². The topological polar surface area (TPSA) is 77.4 Å². The largest absolute Gasteiger partial charge is 1.00 e. The molecule has 5 heteroatoms. The Hall–Kier alpha value is -1.62. The van der Waals surface area contributed by atoms with E-state index in [1.165, 1.54) is 0 Å². The molecule has 4 nitrogen and oxygen atoms in total. The molecular formula is C19H23NaO4. The summed E-state index contributed by atoms with van der Waals surface area (Å²) in [5.41, 5.74) is 1.47. The fraction of sp³-hybridized carbons (Fsp3) is 0.263. The maximum absolute atomic E-state index is 10.4. The summed E-state index contributed by atoms with van der Waals surface area (Å²) < 4.78 is 0. The van der Waals surface area contributed by atoms with Crippen LogP contribution in [-0.4, -0.2) is 17.0 Å². The average Bonchev–Trinajstić information content (AvgIpc) is 2.53. The summed E-state index contributed by atoms with van der Waals surface area (Å²) >= 11 is 0. The van der Waals surface area contributed by atoms with Gasteiger partial charge in [-0.05, 0) is 30.4 Å². The molecule has 124 valence electrons. The fourth-order valence-electron chi connectivity index (χ4n) is 1.48. The zero-order valence-corrected chi connectivity index (χ0v) is 16.5. The molecule has 0 saturated carbocycles. The van der Waals surface area contributed by atoms with Crippen LogP contribution in [0.25, 0.3) is 6.08 Å². The van der Waals surface area contributed by atoms with Crippen LogP contribution in [0.4, 0.5) is 0 Å². The molecule has 1 rings (SSSR count). The molecule has 0 unspecified atom stereocenters. The van der Waals surface area contributed by atoms with Gasteiger partial charge in [-0.1, -0.05) is 69.0 Å². The number of rotatable bonds is 8. The Morgan fingerprint density at radius 1 is 1.17 bits per heavy atom. The zero-order chi connectivity index (χ0) is 17.7. The number of carbonyl (C=O) groups excluding carboxylic acids is 1. The van der Waals surface area contributed by atoms with Gasteiger partial charge in [-0.2, -0.15) is 0 Å². The quantitative estimate of drug-likeness (QED) is 0.543. The molecule has 0 saturated heterocycles. The number of hydrogen-bond acceptors (Lipinski definition) is 3. The van der Waals surface area contributed by atoms with Gasteiger partial charge in [0.25, 0.3) is 0 Å². The Bertz CT molecular complexity index is 562. The van der Waals surface area contributed by atoms with E-state index in [9.17, 15) is 14.7 Å². The van der Waals surface area contributed by atoms with E-state index >= 15 is 0 Å². The van der Waals surface area contributed by atoms with Crippen molar-refractivity contribution in [2.24, 2.45) is 0 Å². The first-order valence-electron chi connectivity index (χ1n) is 7.40. The van der Waals surface area contributed by atoms with E-state index in [0.717, 1.165) is 18.4 Å². The van der Waals surface area contributed by atoms with Gasteiger partial charge in [0.2, 0.25) is 0 Å². The maximum Gasteiger partial charge on any atom is 1.00 e. The summed E-state index contributed by atoms with van der Waals surface area (Å²) in [7, 11) is 0. The molecule has 1 aromatic carbocycles. The van der Waals surface area contributed by atoms with Crippen molar-refractivity contribution in [2.45, 2.75) is 32.6 Å². The Morgan fingerprint density at radius 2 is 1.75 bits per heavy atom. The fourth-order valence-corrected chi connectivity index (χ4v) is 1.48. The van der Waals surface area contributed by atoms with Crippen LogP contribution >= 0.6 is 0 Å². The number of aliphatic carboxylic acids is 2. The van der Waals surface area contributed by atoms with Crippen molar-refractivity contribution in [3.05, 3.63) is 66.3 Å². The van der Waals surface area contributed by atoms with Crippen molar-refractivity contribution in [3.63, 3.8) is 0 Å². The Morgan fingerprint density at radius 3 is 2.21 bits per heavy atom. The molecule has 0 heterocycles. The first kappa shape index (κ1) is 24.6. The summed E-state index contributed by atoms with van der Waals surface area (Å²) in [6.07, 6.45) is 6.49. The molecule has 0 aliphatic heterocycles. The molecule has 0 fully saturated rings. The summed E-state index contributed by atoms with van der Waals surface area (Å²) in [5, 5.41) is 18.5. The third-order valence-electron chi connectivity index (χ3n) is 2.90. The Labute approximate surface area is 165 Å². The van der Waals surface area contributed by atoms with Crippen molar-refractivity contribution in [3.8, 4) is 0 Å². The third kappa shape index (κ3) is 12.9. The summed E-state index contributed by atoms with van der Waals surface area (Å²) in [6.45, 7) is 8.77. The number of carboxylic acid groups (broad SMARTS) is 2. The second-order valence-electron chi connectivity index (χ2n) is 4.92. The van der Waals surface area contributed by atoms with Gasteiger partial charge in [-0.25, -0.2) is 4.79 Å². The first-order chi connectivity index (χ1) is 10.9. The summed E-state index contributed by atoms with van der Waals surface area (Å²) in [5.74, 6) is -2.06. The molecule has 0 aromatic heterocycles. The van der Waals surface area contributed by atoms with E-state index in [2.05, 4.69) is 13.2 Å². The Kier molecular flexibility index (Phi) is 15.3. The first-order valence-corrected chi connectivity index (χ1v) is 7.40. The molecule has 0 radical (unpaired) electrons. The second-order valence-corrected chi connectivity index (χ2v) is 4.92. The average molecular weight is 338 g/mol. The van der Waals surface area contributed by atoms with Crippen LogP contribution in [0.5, 0.6) is 0 Å². The van der Waals surface area contributed by atoms with E-state index in [1.54, 1.807) is 6.08 Å². The summed E-state index contributed by atoms with van der Waals surface area (Å²) in [6, 6.07) is 9.73. The van der Waals surface area contributed by atoms with Gasteiger partial charge in [0.05, 0.1) is 5.97 Å². The minimum Gasteiger partial charge on any atom is -0.545 e. The number of hydrogen-bond donors (Lipinski definition) is 1. The van der Waals surface area contributed by atoms with E-state index in [-0.39, 0.29) is 40.7 Å². The van der Waals surface area contributed by atoms with Crippen molar-refractivity contribution < 1.29 is 49.4 Å². The number of carbonyl (C=O) groups is 2.